The number of rotatable bonds is 6. The normalized spacial score (nSPS) is 10.8. The van der Waals surface area contributed by atoms with E-state index in [0.29, 0.717) is 6.61 Å². The first-order valence-electron chi connectivity index (χ1n) is 6.78. The van der Waals surface area contributed by atoms with Crippen LogP contribution in [-0.2, 0) is 11.3 Å². The summed E-state index contributed by atoms with van der Waals surface area (Å²) in [6.07, 6.45) is 0. The molecule has 0 bridgehead atoms. The molecule has 6 heteroatoms. The predicted octanol–water partition coefficient (Wildman–Crippen LogP) is 1.99. The second-order valence-corrected chi connectivity index (χ2v) is 4.85. The number of halogens is 1. The number of aliphatic imine (C=N–C) groups is 1. The van der Waals surface area contributed by atoms with Gasteiger partial charge in [-0.15, -0.1) is 24.0 Å². The molecule has 0 radical (unpaired) electrons. The average molecular weight is 406 g/mol. The lowest BCUT2D eigenvalue weighted by molar-refractivity contribution is 0.203. The van der Waals surface area contributed by atoms with Gasteiger partial charge in [-0.05, 0) is 30.2 Å². The summed E-state index contributed by atoms with van der Waals surface area (Å²) in [4.78, 5) is 6.29. The summed E-state index contributed by atoms with van der Waals surface area (Å²) in [6, 6.07) is 6.48. The summed E-state index contributed by atoms with van der Waals surface area (Å²) in [5.41, 5.74) is 3.76. The Hall–Kier alpha value is -1.02. The molecule has 0 spiro atoms. The molecule has 5 nitrogen and oxygen atoms in total. The van der Waals surface area contributed by atoms with Crippen LogP contribution in [0.2, 0.25) is 0 Å². The molecule has 0 aliphatic carbocycles. The summed E-state index contributed by atoms with van der Waals surface area (Å²) in [7, 11) is 7.56. The van der Waals surface area contributed by atoms with Crippen molar-refractivity contribution in [1.82, 2.24) is 10.6 Å². The molecule has 2 N–H and O–H groups in total. The number of hydrogen-bond acceptors (Lipinski definition) is 3. The van der Waals surface area contributed by atoms with Crippen molar-refractivity contribution in [2.24, 2.45) is 4.99 Å². The Kier molecular flexibility index (Phi) is 10.2. The molecule has 1 aromatic rings. The Labute approximate surface area is 145 Å². The van der Waals surface area contributed by atoms with E-state index in [1.54, 1.807) is 14.2 Å². The maximum Gasteiger partial charge on any atom is 0.191 e. The molecule has 1 aromatic carbocycles. The molecule has 21 heavy (non-hydrogen) atoms. The van der Waals surface area contributed by atoms with Gasteiger partial charge in [0, 0.05) is 47.0 Å². The molecule has 0 amide bonds. The van der Waals surface area contributed by atoms with E-state index >= 15 is 0 Å². The number of nitrogens with one attached hydrogen (secondary N) is 2. The summed E-state index contributed by atoms with van der Waals surface area (Å²) in [5.74, 6) is 0.790. The van der Waals surface area contributed by atoms with Gasteiger partial charge in [0.2, 0.25) is 0 Å². The number of anilines is 1. The highest BCUT2D eigenvalue weighted by Gasteiger charge is 2.03. The minimum absolute atomic E-state index is 0. The maximum absolute atomic E-state index is 5.00. The highest BCUT2D eigenvalue weighted by atomic mass is 127. The standard InChI is InChI=1S/C15H26N4O.HI/c1-12-10-14(19(3)4)7-6-13(12)11-18-15(16-2)17-8-9-20-5;/h6-7,10H,8-9,11H2,1-5H3,(H2,16,17,18);1H. The largest absolute Gasteiger partial charge is 0.383 e. The molecule has 0 aliphatic heterocycles. The third kappa shape index (κ3) is 6.99. The monoisotopic (exact) mass is 406 g/mol. The minimum atomic E-state index is 0. The molecule has 0 atom stereocenters. The van der Waals surface area contributed by atoms with E-state index in [1.807, 2.05) is 14.1 Å². The molecule has 0 heterocycles. The van der Waals surface area contributed by atoms with Crippen LogP contribution >= 0.6 is 24.0 Å². The number of ether oxygens (including phenoxy) is 1. The van der Waals surface area contributed by atoms with Crippen LogP contribution in [0, 0.1) is 6.92 Å². The van der Waals surface area contributed by atoms with E-state index in [1.165, 1.54) is 16.8 Å². The summed E-state index contributed by atoms with van der Waals surface area (Å²) in [6.45, 7) is 4.29. The van der Waals surface area contributed by atoms with Crippen molar-refractivity contribution < 1.29 is 4.74 Å². The SMILES string of the molecule is CN=C(NCCOC)NCc1ccc(N(C)C)cc1C.I. The Morgan fingerprint density at radius 1 is 1.29 bits per heavy atom. The number of methoxy groups -OCH3 is 1. The second kappa shape index (κ2) is 10.7. The van der Waals surface area contributed by atoms with E-state index < -0.39 is 0 Å². The summed E-state index contributed by atoms with van der Waals surface area (Å²) < 4.78 is 5.00. The van der Waals surface area contributed by atoms with E-state index in [4.69, 9.17) is 4.74 Å². The Bertz CT molecular complexity index is 449. The van der Waals surface area contributed by atoms with Gasteiger partial charge in [-0.1, -0.05) is 6.07 Å². The van der Waals surface area contributed by atoms with Crippen molar-refractivity contribution in [3.63, 3.8) is 0 Å². The van der Waals surface area contributed by atoms with Crippen LogP contribution in [0.15, 0.2) is 23.2 Å². The van der Waals surface area contributed by atoms with Gasteiger partial charge in [-0.25, -0.2) is 0 Å². The second-order valence-electron chi connectivity index (χ2n) is 4.85. The van der Waals surface area contributed by atoms with E-state index in [-0.39, 0.29) is 24.0 Å². The summed E-state index contributed by atoms with van der Waals surface area (Å²) in [5, 5.41) is 6.50. The van der Waals surface area contributed by atoms with Gasteiger partial charge in [-0.2, -0.15) is 0 Å². The van der Waals surface area contributed by atoms with Crippen LogP contribution in [0.3, 0.4) is 0 Å². The molecule has 120 valence electrons. The van der Waals surface area contributed by atoms with Crippen LogP contribution in [0.5, 0.6) is 0 Å². The lowest BCUT2D eigenvalue weighted by Crippen LogP contribution is -2.38. The van der Waals surface area contributed by atoms with Gasteiger partial charge in [0.25, 0.3) is 0 Å². The van der Waals surface area contributed by atoms with Crippen LogP contribution in [0.1, 0.15) is 11.1 Å². The molecule has 0 aliphatic rings. The number of aryl methyl sites for hydroxylation is 1. The van der Waals surface area contributed by atoms with Crippen LogP contribution in [-0.4, -0.2) is 47.4 Å². The fourth-order valence-electron chi connectivity index (χ4n) is 1.83. The molecule has 0 aromatic heterocycles. The Balaban J connectivity index is 0.00000400. The molecule has 0 saturated carbocycles. The first-order chi connectivity index (χ1) is 9.58. The van der Waals surface area contributed by atoms with Crippen LogP contribution in [0.25, 0.3) is 0 Å². The van der Waals surface area contributed by atoms with Gasteiger partial charge in [-0.3, -0.25) is 4.99 Å². The number of nitrogens with zero attached hydrogens (tertiary/aromatic N) is 2. The van der Waals surface area contributed by atoms with Crippen molar-refractivity contribution in [1.29, 1.82) is 0 Å². The summed E-state index contributed by atoms with van der Waals surface area (Å²) >= 11 is 0. The van der Waals surface area contributed by atoms with Gasteiger partial charge in [0.15, 0.2) is 5.96 Å². The van der Waals surface area contributed by atoms with Crippen molar-refractivity contribution in [2.45, 2.75) is 13.5 Å². The highest BCUT2D eigenvalue weighted by Crippen LogP contribution is 2.17. The van der Waals surface area contributed by atoms with Crippen molar-refractivity contribution >= 4 is 35.6 Å². The molecule has 0 saturated heterocycles. The fourth-order valence-corrected chi connectivity index (χ4v) is 1.83. The topological polar surface area (TPSA) is 48.9 Å². The van der Waals surface area contributed by atoms with Gasteiger partial charge >= 0.3 is 0 Å². The first kappa shape index (κ1) is 20.0. The molecule has 0 unspecified atom stereocenters. The third-order valence-corrected chi connectivity index (χ3v) is 3.11. The Morgan fingerprint density at radius 2 is 2.00 bits per heavy atom. The van der Waals surface area contributed by atoms with Crippen molar-refractivity contribution in [3.8, 4) is 0 Å². The van der Waals surface area contributed by atoms with Crippen molar-refractivity contribution in [2.75, 3.05) is 46.3 Å². The maximum atomic E-state index is 5.00. The fraction of sp³-hybridized carbons (Fsp3) is 0.533. The highest BCUT2D eigenvalue weighted by molar-refractivity contribution is 14.0. The van der Waals surface area contributed by atoms with Crippen molar-refractivity contribution in [3.05, 3.63) is 29.3 Å². The van der Waals surface area contributed by atoms with E-state index in [9.17, 15) is 0 Å². The third-order valence-electron chi connectivity index (χ3n) is 3.11. The lowest BCUT2D eigenvalue weighted by Gasteiger charge is -2.16. The molecular weight excluding hydrogens is 379 g/mol. The van der Waals surface area contributed by atoms with E-state index in [0.717, 1.165) is 19.0 Å². The molecular formula is C15H27IN4O. The Morgan fingerprint density at radius 3 is 2.52 bits per heavy atom. The average Bonchev–Trinajstić information content (AvgIpc) is 2.43. The quantitative estimate of drug-likeness (QED) is 0.329. The predicted molar refractivity (Wildman–Crippen MR) is 101 cm³/mol. The van der Waals surface area contributed by atoms with Gasteiger partial charge in [0.05, 0.1) is 6.61 Å². The minimum Gasteiger partial charge on any atom is -0.383 e. The van der Waals surface area contributed by atoms with Crippen LogP contribution in [0.4, 0.5) is 5.69 Å². The number of guanidine groups is 1. The zero-order valence-corrected chi connectivity index (χ0v) is 15.9. The lowest BCUT2D eigenvalue weighted by atomic mass is 10.1. The first-order valence-corrected chi connectivity index (χ1v) is 6.78. The van der Waals surface area contributed by atoms with E-state index in [2.05, 4.69) is 45.6 Å². The smallest absolute Gasteiger partial charge is 0.191 e. The zero-order chi connectivity index (χ0) is 15.0. The molecule has 0 fully saturated rings. The molecule has 1 rings (SSSR count). The zero-order valence-electron chi connectivity index (χ0n) is 13.6. The number of benzene rings is 1. The van der Waals surface area contributed by atoms with Gasteiger partial charge in [0.1, 0.15) is 0 Å². The number of hydrogen-bond donors (Lipinski definition) is 2. The van der Waals surface area contributed by atoms with Gasteiger partial charge < -0.3 is 20.3 Å². The van der Waals surface area contributed by atoms with Crippen LogP contribution < -0.4 is 15.5 Å².